The number of ether oxygens (including phenoxy) is 1. The van der Waals surface area contributed by atoms with E-state index in [2.05, 4.69) is 15.2 Å². The van der Waals surface area contributed by atoms with Gasteiger partial charge in [0.25, 0.3) is 0 Å². The fraction of sp³-hybridized carbons (Fsp3) is 0.200. The van der Waals surface area contributed by atoms with Gasteiger partial charge in [0.1, 0.15) is 6.33 Å². The lowest BCUT2D eigenvalue weighted by Crippen LogP contribution is -2.01. The Morgan fingerprint density at radius 2 is 2.06 bits per heavy atom. The van der Waals surface area contributed by atoms with Gasteiger partial charge in [-0.15, -0.1) is 0 Å². The summed E-state index contributed by atoms with van der Waals surface area (Å²) in [6.45, 7) is 0.495. The van der Waals surface area contributed by atoms with E-state index in [-0.39, 0.29) is 0 Å². The maximum atomic E-state index is 5.96. The molecule has 0 radical (unpaired) electrons. The van der Waals surface area contributed by atoms with Crippen LogP contribution in [0.3, 0.4) is 0 Å². The number of nitrogens with one attached hydrogen (secondary N) is 1. The first-order valence-electron chi connectivity index (χ1n) is 4.82. The second-order valence-corrected chi connectivity index (χ2v) is 4.94. The highest BCUT2D eigenvalue weighted by Crippen LogP contribution is 2.32. The van der Waals surface area contributed by atoms with Crippen molar-refractivity contribution in [3.8, 4) is 5.75 Å². The Balaban J connectivity index is 1.82. The summed E-state index contributed by atoms with van der Waals surface area (Å²) in [7, 11) is 0. The van der Waals surface area contributed by atoms with E-state index in [4.69, 9.17) is 27.9 Å². The van der Waals surface area contributed by atoms with E-state index in [9.17, 15) is 0 Å². The van der Waals surface area contributed by atoms with Crippen LogP contribution < -0.4 is 4.74 Å². The largest absolute Gasteiger partial charge is 0.490 e. The number of aromatic nitrogens is 3. The highest BCUT2D eigenvalue weighted by Gasteiger charge is 2.06. The molecule has 0 saturated heterocycles. The highest BCUT2D eigenvalue weighted by atomic mass is 35.5. The lowest BCUT2D eigenvalue weighted by Gasteiger charge is -2.08. The van der Waals surface area contributed by atoms with Crippen LogP contribution in [0.1, 0.15) is 0 Å². The lowest BCUT2D eigenvalue weighted by atomic mass is 10.3. The molecule has 1 N–H and O–H groups in total. The van der Waals surface area contributed by atoms with Gasteiger partial charge in [-0.05, 0) is 12.1 Å². The highest BCUT2D eigenvalue weighted by molar-refractivity contribution is 7.99. The van der Waals surface area contributed by atoms with Crippen LogP contribution >= 0.6 is 35.0 Å². The molecule has 0 aliphatic rings. The summed E-state index contributed by atoms with van der Waals surface area (Å²) in [6, 6.07) is 5.26. The van der Waals surface area contributed by atoms with E-state index in [1.165, 1.54) is 18.1 Å². The fourth-order valence-corrected chi connectivity index (χ4v) is 2.27. The van der Waals surface area contributed by atoms with E-state index in [0.717, 1.165) is 10.9 Å². The van der Waals surface area contributed by atoms with Crippen LogP contribution in [0.4, 0.5) is 0 Å². The first-order valence-corrected chi connectivity index (χ1v) is 6.56. The van der Waals surface area contributed by atoms with Crippen molar-refractivity contribution >= 4 is 35.0 Å². The zero-order chi connectivity index (χ0) is 12.1. The van der Waals surface area contributed by atoms with E-state index in [1.807, 2.05) is 0 Å². The number of hydrogen-bond acceptors (Lipinski definition) is 4. The topological polar surface area (TPSA) is 50.8 Å². The van der Waals surface area contributed by atoms with Crippen LogP contribution in [0.25, 0.3) is 0 Å². The van der Waals surface area contributed by atoms with Crippen molar-refractivity contribution < 1.29 is 4.74 Å². The molecular weight excluding hydrogens is 281 g/mol. The van der Waals surface area contributed by atoms with E-state index >= 15 is 0 Å². The molecule has 0 unspecified atom stereocenters. The Kier molecular flexibility index (Phi) is 4.53. The van der Waals surface area contributed by atoms with Crippen molar-refractivity contribution in [2.24, 2.45) is 0 Å². The molecule has 0 fully saturated rings. The molecular formula is C10H9Cl2N3OS. The zero-order valence-corrected chi connectivity index (χ0v) is 11.0. The molecule has 0 atom stereocenters. The normalized spacial score (nSPS) is 10.5. The second kappa shape index (κ2) is 6.14. The fourth-order valence-electron chi connectivity index (χ4n) is 1.17. The van der Waals surface area contributed by atoms with Gasteiger partial charge < -0.3 is 4.74 Å². The minimum atomic E-state index is 0.495. The second-order valence-electron chi connectivity index (χ2n) is 3.04. The molecule has 7 heteroatoms. The Bertz CT molecular complexity index is 458. The summed E-state index contributed by atoms with van der Waals surface area (Å²) in [6.07, 6.45) is 1.47. The predicted molar refractivity (Wildman–Crippen MR) is 69.1 cm³/mol. The molecule has 17 heavy (non-hydrogen) atoms. The molecule has 0 aliphatic carbocycles. The van der Waals surface area contributed by atoms with Gasteiger partial charge in [0.05, 0.1) is 16.7 Å². The van der Waals surface area contributed by atoms with Crippen LogP contribution in [-0.2, 0) is 0 Å². The van der Waals surface area contributed by atoms with Crippen molar-refractivity contribution in [1.82, 2.24) is 15.2 Å². The molecule has 2 rings (SSSR count). The minimum Gasteiger partial charge on any atom is -0.490 e. The van der Waals surface area contributed by atoms with Gasteiger partial charge in [-0.1, -0.05) is 41.0 Å². The third kappa shape index (κ3) is 3.52. The molecule has 2 aromatic rings. The van der Waals surface area contributed by atoms with Crippen molar-refractivity contribution in [2.75, 3.05) is 12.4 Å². The summed E-state index contributed by atoms with van der Waals surface area (Å²) < 4.78 is 5.52. The molecule has 0 spiro atoms. The Morgan fingerprint density at radius 1 is 1.29 bits per heavy atom. The van der Waals surface area contributed by atoms with Gasteiger partial charge in [-0.25, -0.2) is 4.98 Å². The summed E-state index contributed by atoms with van der Waals surface area (Å²) in [5.74, 6) is 1.26. The number of halogens is 2. The number of benzene rings is 1. The zero-order valence-electron chi connectivity index (χ0n) is 8.69. The van der Waals surface area contributed by atoms with Crippen LogP contribution in [0.5, 0.6) is 5.75 Å². The van der Waals surface area contributed by atoms with Gasteiger partial charge in [0.2, 0.25) is 0 Å². The average molecular weight is 290 g/mol. The van der Waals surface area contributed by atoms with Crippen molar-refractivity contribution in [1.29, 1.82) is 0 Å². The third-order valence-corrected chi connectivity index (χ3v) is 3.32. The quantitative estimate of drug-likeness (QED) is 0.678. The van der Waals surface area contributed by atoms with E-state index in [0.29, 0.717) is 22.4 Å². The van der Waals surface area contributed by atoms with Gasteiger partial charge in [-0.2, -0.15) is 5.10 Å². The smallest absolute Gasteiger partial charge is 0.183 e. The van der Waals surface area contributed by atoms with Gasteiger partial charge >= 0.3 is 0 Å². The monoisotopic (exact) mass is 289 g/mol. The average Bonchev–Trinajstić information content (AvgIpc) is 2.80. The summed E-state index contributed by atoms with van der Waals surface area (Å²) in [4.78, 5) is 3.98. The number of thioether (sulfide) groups is 1. The molecule has 0 amide bonds. The SMILES string of the molecule is Clc1cccc(Cl)c1OCCSc1ncn[nH]1. The first kappa shape index (κ1) is 12.5. The van der Waals surface area contributed by atoms with E-state index in [1.54, 1.807) is 18.2 Å². The molecule has 4 nitrogen and oxygen atoms in total. The van der Waals surface area contributed by atoms with Crippen LogP contribution in [0, 0.1) is 0 Å². The van der Waals surface area contributed by atoms with Gasteiger partial charge in [0, 0.05) is 5.75 Å². The van der Waals surface area contributed by atoms with Crippen LogP contribution in [0.15, 0.2) is 29.7 Å². The standard InChI is InChI=1S/C10H9Cl2N3OS/c11-7-2-1-3-8(12)9(7)16-4-5-17-10-13-6-14-15-10/h1-3,6H,4-5H2,(H,13,14,15). The maximum absolute atomic E-state index is 5.96. The van der Waals surface area contributed by atoms with Crippen LogP contribution in [-0.4, -0.2) is 27.5 Å². The number of nitrogens with zero attached hydrogens (tertiary/aromatic N) is 2. The van der Waals surface area contributed by atoms with Crippen molar-refractivity contribution in [2.45, 2.75) is 5.16 Å². The Hall–Kier alpha value is -0.910. The van der Waals surface area contributed by atoms with E-state index < -0.39 is 0 Å². The molecule has 1 aromatic carbocycles. The Morgan fingerprint density at radius 3 is 2.71 bits per heavy atom. The molecule has 0 bridgehead atoms. The molecule has 0 saturated carbocycles. The van der Waals surface area contributed by atoms with Crippen LogP contribution in [0.2, 0.25) is 10.0 Å². The molecule has 1 heterocycles. The van der Waals surface area contributed by atoms with Crippen molar-refractivity contribution in [3.05, 3.63) is 34.6 Å². The summed E-state index contributed by atoms with van der Waals surface area (Å²) >= 11 is 13.4. The minimum absolute atomic E-state index is 0.495. The summed E-state index contributed by atoms with van der Waals surface area (Å²) in [5.41, 5.74) is 0. The van der Waals surface area contributed by atoms with Gasteiger partial charge in [0.15, 0.2) is 10.9 Å². The number of aromatic amines is 1. The molecule has 0 aliphatic heterocycles. The number of hydrogen-bond donors (Lipinski definition) is 1. The maximum Gasteiger partial charge on any atom is 0.183 e. The summed E-state index contributed by atoms with van der Waals surface area (Å²) in [5, 5.41) is 8.29. The molecule has 1 aromatic heterocycles. The van der Waals surface area contributed by atoms with Gasteiger partial charge in [-0.3, -0.25) is 5.10 Å². The Labute approximate surface area is 113 Å². The van der Waals surface area contributed by atoms with Crippen molar-refractivity contribution in [3.63, 3.8) is 0 Å². The first-order chi connectivity index (χ1) is 8.27. The predicted octanol–water partition coefficient (Wildman–Crippen LogP) is 3.28. The number of para-hydroxylation sites is 1. The lowest BCUT2D eigenvalue weighted by molar-refractivity contribution is 0.344. The number of H-pyrrole nitrogens is 1. The third-order valence-electron chi connectivity index (χ3n) is 1.88. The molecule has 90 valence electrons. The number of rotatable bonds is 5.